The van der Waals surface area contributed by atoms with Crippen molar-refractivity contribution < 1.29 is 4.74 Å². The highest BCUT2D eigenvalue weighted by Crippen LogP contribution is 2.35. The molecule has 22 heavy (non-hydrogen) atoms. The molecule has 0 saturated carbocycles. The van der Waals surface area contributed by atoms with Crippen LogP contribution < -0.4 is 4.74 Å². The van der Waals surface area contributed by atoms with Crippen molar-refractivity contribution in [2.45, 2.75) is 52.4 Å². The summed E-state index contributed by atoms with van der Waals surface area (Å²) in [6.07, 6.45) is 2.25. The van der Waals surface area contributed by atoms with E-state index in [0.29, 0.717) is 11.8 Å². The summed E-state index contributed by atoms with van der Waals surface area (Å²) in [5.74, 6) is 2.83. The molecule has 2 heteroatoms. The van der Waals surface area contributed by atoms with Gasteiger partial charge in [-0.15, -0.1) is 0 Å². The number of benzene rings is 2. The zero-order valence-corrected chi connectivity index (χ0v) is 14.7. The van der Waals surface area contributed by atoms with Gasteiger partial charge in [0.2, 0.25) is 0 Å². The first-order chi connectivity index (χ1) is 10.5. The van der Waals surface area contributed by atoms with Crippen molar-refractivity contribution in [1.29, 1.82) is 0 Å². The molecule has 0 spiro atoms. The Morgan fingerprint density at radius 1 is 0.909 bits per heavy atom. The smallest absolute Gasteiger partial charge is 0.130 e. The number of halogens is 1. The van der Waals surface area contributed by atoms with Crippen LogP contribution in [0.3, 0.4) is 0 Å². The van der Waals surface area contributed by atoms with E-state index in [9.17, 15) is 0 Å². The zero-order chi connectivity index (χ0) is 16.1. The molecular weight excluding hydrogens is 292 g/mol. The second kappa shape index (κ2) is 7.69. The van der Waals surface area contributed by atoms with Gasteiger partial charge in [-0.25, -0.2) is 0 Å². The highest BCUT2D eigenvalue weighted by molar-refractivity contribution is 6.30. The van der Waals surface area contributed by atoms with Crippen molar-refractivity contribution >= 4 is 11.6 Å². The molecule has 0 aromatic heterocycles. The summed E-state index contributed by atoms with van der Waals surface area (Å²) in [7, 11) is 0. The first-order valence-electron chi connectivity index (χ1n) is 8.12. The summed E-state index contributed by atoms with van der Waals surface area (Å²) in [6, 6.07) is 14.1. The maximum absolute atomic E-state index is 6.10. The van der Waals surface area contributed by atoms with Gasteiger partial charge in [0.25, 0.3) is 0 Å². The van der Waals surface area contributed by atoms with Crippen LogP contribution >= 0.6 is 11.6 Å². The van der Waals surface area contributed by atoms with Crippen LogP contribution in [0.25, 0.3) is 0 Å². The van der Waals surface area contributed by atoms with E-state index in [0.717, 1.165) is 29.4 Å². The predicted octanol–water partition coefficient (Wildman–Crippen LogP) is 7.16. The molecule has 2 rings (SSSR count). The lowest BCUT2D eigenvalue weighted by Gasteiger charge is -2.19. The average Bonchev–Trinajstić information content (AvgIpc) is 2.55. The van der Waals surface area contributed by atoms with Gasteiger partial charge in [-0.1, -0.05) is 51.4 Å². The molecule has 0 N–H and O–H groups in total. The van der Waals surface area contributed by atoms with E-state index in [1.54, 1.807) is 0 Å². The largest absolute Gasteiger partial charge is 0.457 e. The minimum absolute atomic E-state index is 0.478. The van der Waals surface area contributed by atoms with Crippen LogP contribution in [0.15, 0.2) is 42.5 Å². The van der Waals surface area contributed by atoms with E-state index in [4.69, 9.17) is 16.3 Å². The average molecular weight is 317 g/mol. The van der Waals surface area contributed by atoms with Gasteiger partial charge >= 0.3 is 0 Å². The maximum Gasteiger partial charge on any atom is 0.130 e. The van der Waals surface area contributed by atoms with Gasteiger partial charge in [0.15, 0.2) is 0 Å². The zero-order valence-electron chi connectivity index (χ0n) is 13.9. The predicted molar refractivity (Wildman–Crippen MR) is 95.4 cm³/mol. The Hall–Kier alpha value is -1.47. The van der Waals surface area contributed by atoms with Gasteiger partial charge in [-0.2, -0.15) is 0 Å². The van der Waals surface area contributed by atoms with Crippen LogP contribution in [0, 0.1) is 0 Å². The second-order valence-corrected chi connectivity index (χ2v) is 6.41. The first kappa shape index (κ1) is 16.9. The van der Waals surface area contributed by atoms with Crippen molar-refractivity contribution in [3.63, 3.8) is 0 Å². The topological polar surface area (TPSA) is 9.23 Å². The van der Waals surface area contributed by atoms with Crippen molar-refractivity contribution in [3.8, 4) is 11.5 Å². The molecule has 1 nitrogen and oxygen atoms in total. The van der Waals surface area contributed by atoms with Crippen molar-refractivity contribution in [2.24, 2.45) is 0 Å². The molecule has 0 heterocycles. The summed E-state index contributed by atoms with van der Waals surface area (Å²) in [4.78, 5) is 0. The highest BCUT2D eigenvalue weighted by Gasteiger charge is 2.14. The summed E-state index contributed by atoms with van der Waals surface area (Å²) >= 11 is 5.93. The highest BCUT2D eigenvalue weighted by atomic mass is 35.5. The van der Waals surface area contributed by atoms with E-state index < -0.39 is 0 Å². The molecule has 2 atom stereocenters. The summed E-state index contributed by atoms with van der Waals surface area (Å²) in [6.45, 7) is 8.97. The molecule has 0 amide bonds. The Bertz CT molecular complexity index is 604. The Morgan fingerprint density at radius 2 is 1.55 bits per heavy atom. The number of hydrogen-bond donors (Lipinski definition) is 0. The summed E-state index contributed by atoms with van der Waals surface area (Å²) in [5, 5.41) is 0.724. The lowest BCUT2D eigenvalue weighted by Crippen LogP contribution is -2.00. The van der Waals surface area contributed by atoms with E-state index in [1.165, 1.54) is 11.1 Å². The number of hydrogen-bond acceptors (Lipinski definition) is 1. The molecule has 2 aromatic carbocycles. The number of rotatable bonds is 6. The fraction of sp³-hybridized carbons (Fsp3) is 0.400. The molecule has 0 fully saturated rings. The van der Waals surface area contributed by atoms with Crippen LogP contribution in [-0.2, 0) is 0 Å². The molecule has 2 unspecified atom stereocenters. The fourth-order valence-electron chi connectivity index (χ4n) is 2.44. The summed E-state index contributed by atoms with van der Waals surface area (Å²) < 4.78 is 6.10. The Kier molecular flexibility index (Phi) is 5.90. The van der Waals surface area contributed by atoms with Crippen molar-refractivity contribution in [2.75, 3.05) is 0 Å². The maximum atomic E-state index is 6.10. The Balaban J connectivity index is 2.34. The molecular formula is C20H25ClO. The van der Waals surface area contributed by atoms with Gasteiger partial charge in [0, 0.05) is 5.02 Å². The standard InChI is InChI=1S/C20H25ClO/c1-5-14(3)16-7-12-20(19(13-16)15(4)6-2)22-18-10-8-17(21)9-11-18/h7-15H,5-6H2,1-4H3. The molecule has 0 aliphatic rings. The fourth-order valence-corrected chi connectivity index (χ4v) is 2.56. The van der Waals surface area contributed by atoms with Crippen LogP contribution in [-0.4, -0.2) is 0 Å². The summed E-state index contributed by atoms with van der Waals surface area (Å²) in [5.41, 5.74) is 2.68. The van der Waals surface area contributed by atoms with Gasteiger partial charge in [-0.05, 0) is 66.1 Å². The lowest BCUT2D eigenvalue weighted by atomic mass is 9.91. The molecule has 2 aromatic rings. The molecule has 0 aliphatic carbocycles. The normalized spacial score (nSPS) is 13.7. The van der Waals surface area contributed by atoms with Crippen LogP contribution in [0.2, 0.25) is 5.02 Å². The SMILES string of the molecule is CCC(C)c1ccc(Oc2ccc(Cl)cc2)c(C(C)CC)c1. The molecule has 118 valence electrons. The monoisotopic (exact) mass is 316 g/mol. The minimum atomic E-state index is 0.478. The first-order valence-corrected chi connectivity index (χ1v) is 8.50. The quantitative estimate of drug-likeness (QED) is 0.549. The number of ether oxygens (including phenoxy) is 1. The minimum Gasteiger partial charge on any atom is -0.457 e. The Morgan fingerprint density at radius 3 is 2.14 bits per heavy atom. The van der Waals surface area contributed by atoms with Crippen molar-refractivity contribution in [1.82, 2.24) is 0 Å². The van der Waals surface area contributed by atoms with Gasteiger partial charge in [-0.3, -0.25) is 0 Å². The van der Waals surface area contributed by atoms with E-state index in [2.05, 4.69) is 45.9 Å². The third-order valence-corrected chi connectivity index (χ3v) is 4.65. The lowest BCUT2D eigenvalue weighted by molar-refractivity contribution is 0.469. The van der Waals surface area contributed by atoms with E-state index in [1.807, 2.05) is 24.3 Å². The molecule has 0 bridgehead atoms. The Labute approximate surface area is 139 Å². The van der Waals surface area contributed by atoms with Gasteiger partial charge in [0.05, 0.1) is 0 Å². The third kappa shape index (κ3) is 4.04. The van der Waals surface area contributed by atoms with Crippen LogP contribution in [0.4, 0.5) is 0 Å². The van der Waals surface area contributed by atoms with Gasteiger partial charge in [0.1, 0.15) is 11.5 Å². The molecule has 0 radical (unpaired) electrons. The van der Waals surface area contributed by atoms with Gasteiger partial charge < -0.3 is 4.74 Å². The van der Waals surface area contributed by atoms with E-state index in [-0.39, 0.29) is 0 Å². The molecule has 0 saturated heterocycles. The second-order valence-electron chi connectivity index (χ2n) is 5.97. The van der Waals surface area contributed by atoms with Crippen molar-refractivity contribution in [3.05, 3.63) is 58.6 Å². The van der Waals surface area contributed by atoms with E-state index >= 15 is 0 Å². The van der Waals surface area contributed by atoms with Crippen LogP contribution in [0.1, 0.15) is 63.5 Å². The molecule has 0 aliphatic heterocycles. The third-order valence-electron chi connectivity index (χ3n) is 4.40. The van der Waals surface area contributed by atoms with Crippen LogP contribution in [0.5, 0.6) is 11.5 Å².